The normalized spacial score (nSPS) is 10.1. The Labute approximate surface area is 98.4 Å². The molecule has 2 aromatic rings. The molecule has 82 valence electrons. The third-order valence-electron chi connectivity index (χ3n) is 2.22. The maximum absolute atomic E-state index is 5.46. The molecule has 0 amide bonds. The first-order chi connectivity index (χ1) is 7.72. The zero-order valence-corrected chi connectivity index (χ0v) is 9.54. The van der Waals surface area contributed by atoms with E-state index in [4.69, 9.17) is 22.7 Å². The van der Waals surface area contributed by atoms with Crippen LogP contribution in [0.3, 0.4) is 0 Å². The Hall–Kier alpha value is -1.88. The minimum Gasteiger partial charge on any atom is -0.481 e. The van der Waals surface area contributed by atoms with Crippen LogP contribution in [0, 0.1) is 0 Å². The standard InChI is InChI=1S/C11H11N3OS/c1-15-10-8-3-2-4-9(14-11(12)16)7(8)5-6-13-10/h2-6H,1H3,(H3,12,14,16). The van der Waals surface area contributed by atoms with Crippen molar-refractivity contribution in [1.29, 1.82) is 0 Å². The second-order valence-electron chi connectivity index (χ2n) is 3.21. The van der Waals surface area contributed by atoms with Gasteiger partial charge in [0.1, 0.15) is 0 Å². The molecule has 0 aliphatic rings. The summed E-state index contributed by atoms with van der Waals surface area (Å²) in [5.74, 6) is 0.587. The van der Waals surface area contributed by atoms with Crippen LogP contribution >= 0.6 is 12.2 Å². The van der Waals surface area contributed by atoms with E-state index in [9.17, 15) is 0 Å². The fraction of sp³-hybridized carbons (Fsp3) is 0.0909. The number of rotatable bonds is 2. The van der Waals surface area contributed by atoms with E-state index in [0.717, 1.165) is 16.5 Å². The van der Waals surface area contributed by atoms with Crippen molar-refractivity contribution in [3.05, 3.63) is 30.5 Å². The summed E-state index contributed by atoms with van der Waals surface area (Å²) in [6.07, 6.45) is 1.69. The van der Waals surface area contributed by atoms with E-state index in [1.54, 1.807) is 13.3 Å². The zero-order valence-electron chi connectivity index (χ0n) is 8.73. The van der Waals surface area contributed by atoms with Crippen molar-refractivity contribution < 1.29 is 4.74 Å². The second kappa shape index (κ2) is 4.32. The van der Waals surface area contributed by atoms with E-state index in [1.165, 1.54) is 0 Å². The maximum atomic E-state index is 5.46. The first-order valence-corrected chi connectivity index (χ1v) is 5.11. The Morgan fingerprint density at radius 1 is 1.38 bits per heavy atom. The quantitative estimate of drug-likeness (QED) is 0.776. The summed E-state index contributed by atoms with van der Waals surface area (Å²) < 4.78 is 5.18. The lowest BCUT2D eigenvalue weighted by molar-refractivity contribution is 0.403. The first kappa shape index (κ1) is 10.6. The molecule has 1 aromatic heterocycles. The number of hydrogen-bond donors (Lipinski definition) is 2. The molecule has 0 bridgehead atoms. The average Bonchev–Trinajstić information content (AvgIpc) is 2.28. The first-order valence-electron chi connectivity index (χ1n) is 4.70. The van der Waals surface area contributed by atoms with E-state index >= 15 is 0 Å². The number of nitrogens with two attached hydrogens (primary N) is 1. The predicted octanol–water partition coefficient (Wildman–Crippen LogP) is 1.90. The summed E-state index contributed by atoms with van der Waals surface area (Å²) in [6, 6.07) is 7.62. The van der Waals surface area contributed by atoms with Crippen LogP contribution in [0.4, 0.5) is 5.69 Å². The van der Waals surface area contributed by atoms with Gasteiger partial charge < -0.3 is 15.8 Å². The zero-order chi connectivity index (χ0) is 11.5. The van der Waals surface area contributed by atoms with Gasteiger partial charge in [-0.25, -0.2) is 4.98 Å². The van der Waals surface area contributed by atoms with E-state index in [2.05, 4.69) is 10.3 Å². The Balaban J connectivity index is 2.64. The lowest BCUT2D eigenvalue weighted by Crippen LogP contribution is -2.19. The number of nitrogens with one attached hydrogen (secondary N) is 1. The maximum Gasteiger partial charge on any atom is 0.221 e. The minimum absolute atomic E-state index is 0.239. The van der Waals surface area contributed by atoms with Crippen LogP contribution in [0.25, 0.3) is 10.8 Å². The molecule has 1 heterocycles. The van der Waals surface area contributed by atoms with E-state index < -0.39 is 0 Å². The molecule has 0 radical (unpaired) electrons. The molecule has 1 aromatic carbocycles. The number of benzene rings is 1. The van der Waals surface area contributed by atoms with Gasteiger partial charge >= 0.3 is 0 Å². The highest BCUT2D eigenvalue weighted by atomic mass is 32.1. The van der Waals surface area contributed by atoms with Crippen LogP contribution in [0.15, 0.2) is 30.5 Å². The Morgan fingerprint density at radius 3 is 2.88 bits per heavy atom. The third kappa shape index (κ3) is 1.90. The SMILES string of the molecule is COc1nccc2c(NC(N)=S)cccc12. The van der Waals surface area contributed by atoms with Gasteiger partial charge in [0.15, 0.2) is 5.11 Å². The average molecular weight is 233 g/mol. The molecular weight excluding hydrogens is 222 g/mol. The summed E-state index contributed by atoms with van der Waals surface area (Å²) in [4.78, 5) is 4.13. The fourth-order valence-electron chi connectivity index (χ4n) is 1.58. The minimum atomic E-state index is 0.239. The summed E-state index contributed by atoms with van der Waals surface area (Å²) in [5, 5.41) is 5.06. The van der Waals surface area contributed by atoms with Crippen LogP contribution in [-0.4, -0.2) is 17.2 Å². The van der Waals surface area contributed by atoms with Gasteiger partial charge in [-0.3, -0.25) is 0 Å². The molecule has 0 unspecified atom stereocenters. The van der Waals surface area contributed by atoms with Gasteiger partial charge in [0, 0.05) is 22.7 Å². The second-order valence-corrected chi connectivity index (χ2v) is 3.65. The summed E-state index contributed by atoms with van der Waals surface area (Å²) in [6.45, 7) is 0. The number of thiocarbonyl (C=S) groups is 1. The highest BCUT2D eigenvalue weighted by Crippen LogP contribution is 2.28. The number of anilines is 1. The van der Waals surface area contributed by atoms with Gasteiger partial charge in [-0.2, -0.15) is 0 Å². The van der Waals surface area contributed by atoms with Crippen molar-refractivity contribution in [2.24, 2.45) is 5.73 Å². The molecule has 0 saturated carbocycles. The number of pyridine rings is 1. The van der Waals surface area contributed by atoms with Gasteiger partial charge in [0.25, 0.3) is 0 Å². The number of methoxy groups -OCH3 is 1. The Bertz CT molecular complexity index is 542. The van der Waals surface area contributed by atoms with Crippen molar-refractivity contribution in [2.45, 2.75) is 0 Å². The number of nitrogens with zero attached hydrogens (tertiary/aromatic N) is 1. The van der Waals surface area contributed by atoms with Crippen molar-refractivity contribution in [2.75, 3.05) is 12.4 Å². The van der Waals surface area contributed by atoms with Gasteiger partial charge in [-0.15, -0.1) is 0 Å². The van der Waals surface area contributed by atoms with Gasteiger partial charge in [-0.05, 0) is 30.4 Å². The number of aromatic nitrogens is 1. The molecular formula is C11H11N3OS. The predicted molar refractivity (Wildman–Crippen MR) is 68.7 cm³/mol. The Kier molecular flexibility index (Phi) is 2.87. The highest BCUT2D eigenvalue weighted by Gasteiger charge is 2.05. The van der Waals surface area contributed by atoms with Crippen LogP contribution in [0.5, 0.6) is 5.88 Å². The largest absolute Gasteiger partial charge is 0.481 e. The molecule has 0 atom stereocenters. The van der Waals surface area contributed by atoms with E-state index in [1.807, 2.05) is 24.3 Å². The van der Waals surface area contributed by atoms with Gasteiger partial charge in [-0.1, -0.05) is 6.07 Å². The van der Waals surface area contributed by atoms with Crippen LogP contribution in [0.2, 0.25) is 0 Å². The van der Waals surface area contributed by atoms with Crippen LogP contribution < -0.4 is 15.8 Å². The summed E-state index contributed by atoms with van der Waals surface area (Å²) in [5.41, 5.74) is 6.31. The highest BCUT2D eigenvalue weighted by molar-refractivity contribution is 7.80. The van der Waals surface area contributed by atoms with Gasteiger partial charge in [0.05, 0.1) is 7.11 Å². The lowest BCUT2D eigenvalue weighted by atomic mass is 10.1. The van der Waals surface area contributed by atoms with Crippen molar-refractivity contribution in [3.63, 3.8) is 0 Å². The topological polar surface area (TPSA) is 60.2 Å². The van der Waals surface area contributed by atoms with Gasteiger partial charge in [0.2, 0.25) is 5.88 Å². The van der Waals surface area contributed by atoms with Crippen molar-refractivity contribution in [3.8, 4) is 5.88 Å². The smallest absolute Gasteiger partial charge is 0.221 e. The Morgan fingerprint density at radius 2 is 2.19 bits per heavy atom. The molecule has 0 fully saturated rings. The van der Waals surface area contributed by atoms with E-state index in [0.29, 0.717) is 5.88 Å². The molecule has 0 aliphatic carbocycles. The molecule has 0 saturated heterocycles. The van der Waals surface area contributed by atoms with Crippen molar-refractivity contribution in [1.82, 2.24) is 4.98 Å². The van der Waals surface area contributed by atoms with E-state index in [-0.39, 0.29) is 5.11 Å². The number of ether oxygens (including phenoxy) is 1. The molecule has 16 heavy (non-hydrogen) atoms. The number of fused-ring (bicyclic) bond motifs is 1. The molecule has 2 rings (SSSR count). The monoisotopic (exact) mass is 233 g/mol. The lowest BCUT2D eigenvalue weighted by Gasteiger charge is -2.09. The third-order valence-corrected chi connectivity index (χ3v) is 2.32. The summed E-state index contributed by atoms with van der Waals surface area (Å²) >= 11 is 4.82. The van der Waals surface area contributed by atoms with Crippen LogP contribution in [0.1, 0.15) is 0 Å². The molecule has 3 N–H and O–H groups in total. The number of hydrogen-bond acceptors (Lipinski definition) is 3. The van der Waals surface area contributed by atoms with Crippen LogP contribution in [-0.2, 0) is 0 Å². The summed E-state index contributed by atoms with van der Waals surface area (Å²) in [7, 11) is 1.59. The van der Waals surface area contributed by atoms with Crippen molar-refractivity contribution >= 4 is 33.8 Å². The molecule has 0 aliphatic heterocycles. The molecule has 4 nitrogen and oxygen atoms in total. The fourth-order valence-corrected chi connectivity index (χ4v) is 1.69. The molecule has 5 heteroatoms. The molecule has 0 spiro atoms.